The molecule has 4 aromatic rings. The maximum absolute atomic E-state index is 12.6. The summed E-state index contributed by atoms with van der Waals surface area (Å²) in [7, 11) is -2.02. The Kier molecular flexibility index (Phi) is 5.38. The van der Waals surface area contributed by atoms with Crippen LogP contribution in [0.2, 0.25) is 0 Å². The van der Waals surface area contributed by atoms with E-state index in [0.29, 0.717) is 5.75 Å². The Labute approximate surface area is 169 Å². The number of hydrogen-bond donors (Lipinski definition) is 1. The summed E-state index contributed by atoms with van der Waals surface area (Å²) in [5.41, 5.74) is 0. The lowest BCUT2D eigenvalue weighted by molar-refractivity contribution is 0.323. The molecular weight excluding hydrogens is 386 g/mol. The van der Waals surface area contributed by atoms with E-state index in [1.165, 1.54) is 0 Å². The highest BCUT2D eigenvalue weighted by atomic mass is 32.2. The van der Waals surface area contributed by atoms with Crippen molar-refractivity contribution in [1.29, 1.82) is 0 Å². The normalized spacial score (nSPS) is 11.6. The van der Waals surface area contributed by atoms with Gasteiger partial charge in [-0.2, -0.15) is 0 Å². The summed E-state index contributed by atoms with van der Waals surface area (Å²) in [6.45, 7) is 0.415. The molecule has 0 spiro atoms. The Morgan fingerprint density at radius 1 is 0.759 bits per heavy atom. The van der Waals surface area contributed by atoms with E-state index in [4.69, 9.17) is 9.47 Å². The molecule has 0 saturated carbocycles. The minimum Gasteiger partial charge on any atom is -0.497 e. The highest BCUT2D eigenvalue weighted by Crippen LogP contribution is 2.24. The average molecular weight is 407 g/mol. The van der Waals surface area contributed by atoms with Gasteiger partial charge in [0.2, 0.25) is 10.0 Å². The Morgan fingerprint density at radius 2 is 1.38 bits per heavy atom. The summed E-state index contributed by atoms with van der Waals surface area (Å²) in [5, 5.41) is 3.97. The fourth-order valence-corrected chi connectivity index (χ4v) is 4.23. The van der Waals surface area contributed by atoms with Crippen LogP contribution in [0.4, 0.5) is 0 Å². The van der Waals surface area contributed by atoms with Crippen LogP contribution in [0.5, 0.6) is 11.5 Å². The lowest BCUT2D eigenvalue weighted by Crippen LogP contribution is -2.28. The van der Waals surface area contributed by atoms with E-state index in [1.807, 2.05) is 60.7 Å². The summed E-state index contributed by atoms with van der Waals surface area (Å²) >= 11 is 0. The lowest BCUT2D eigenvalue weighted by atomic mass is 10.1. The van der Waals surface area contributed by atoms with Crippen molar-refractivity contribution < 1.29 is 17.9 Å². The monoisotopic (exact) mass is 407 g/mol. The van der Waals surface area contributed by atoms with Gasteiger partial charge in [-0.3, -0.25) is 0 Å². The van der Waals surface area contributed by atoms with Crippen molar-refractivity contribution in [3.05, 3.63) is 78.9 Å². The van der Waals surface area contributed by atoms with Crippen LogP contribution < -0.4 is 14.2 Å². The van der Waals surface area contributed by atoms with Crippen molar-refractivity contribution in [2.45, 2.75) is 4.90 Å². The van der Waals surface area contributed by atoms with Crippen molar-refractivity contribution >= 4 is 31.6 Å². The highest BCUT2D eigenvalue weighted by molar-refractivity contribution is 7.89. The van der Waals surface area contributed by atoms with E-state index in [-0.39, 0.29) is 18.0 Å². The highest BCUT2D eigenvalue weighted by Gasteiger charge is 2.14. The number of fused-ring (bicyclic) bond motifs is 2. The molecule has 148 valence electrons. The van der Waals surface area contributed by atoms with Crippen LogP contribution in [0, 0.1) is 0 Å². The van der Waals surface area contributed by atoms with Crippen molar-refractivity contribution in [1.82, 2.24) is 4.72 Å². The van der Waals surface area contributed by atoms with E-state index in [2.05, 4.69) is 4.72 Å². The Morgan fingerprint density at radius 3 is 2.21 bits per heavy atom. The van der Waals surface area contributed by atoms with Gasteiger partial charge in [0, 0.05) is 6.54 Å². The third-order valence-electron chi connectivity index (χ3n) is 4.71. The SMILES string of the molecule is COc1ccc2cc(S(=O)(=O)NCCOc3ccc4ccccc4c3)ccc2c1. The smallest absolute Gasteiger partial charge is 0.240 e. The number of benzene rings is 4. The topological polar surface area (TPSA) is 64.6 Å². The molecule has 0 fully saturated rings. The molecular formula is C23H21NO4S. The van der Waals surface area contributed by atoms with Crippen LogP contribution in [0.3, 0.4) is 0 Å². The summed E-state index contributed by atoms with van der Waals surface area (Å²) in [6.07, 6.45) is 0. The molecule has 0 aliphatic rings. The molecule has 0 unspecified atom stereocenters. The second kappa shape index (κ2) is 8.11. The van der Waals surface area contributed by atoms with Crippen LogP contribution in [0.25, 0.3) is 21.5 Å². The molecule has 0 saturated heterocycles. The zero-order valence-electron chi connectivity index (χ0n) is 16.0. The number of rotatable bonds is 7. The number of ether oxygens (including phenoxy) is 2. The standard InChI is InChI=1S/C23H21NO4S/c1-27-21-9-7-20-16-23(11-8-19(20)14-21)29(25,26)24-12-13-28-22-10-6-17-4-2-3-5-18(17)15-22/h2-11,14-16,24H,12-13H2,1H3. The van der Waals surface area contributed by atoms with E-state index >= 15 is 0 Å². The van der Waals surface area contributed by atoms with Gasteiger partial charge in [0.05, 0.1) is 12.0 Å². The minimum absolute atomic E-state index is 0.176. The zero-order valence-corrected chi connectivity index (χ0v) is 16.8. The Hall–Kier alpha value is -3.09. The molecule has 0 aliphatic heterocycles. The molecule has 0 atom stereocenters. The van der Waals surface area contributed by atoms with E-state index in [0.717, 1.165) is 27.3 Å². The third kappa shape index (κ3) is 4.34. The first-order chi connectivity index (χ1) is 14.0. The maximum Gasteiger partial charge on any atom is 0.240 e. The second-order valence-electron chi connectivity index (χ2n) is 6.63. The predicted octanol–water partition coefficient (Wildman–Crippen LogP) is 4.36. The first-order valence-corrected chi connectivity index (χ1v) is 10.7. The summed E-state index contributed by atoms with van der Waals surface area (Å²) in [6, 6.07) is 24.4. The van der Waals surface area contributed by atoms with Gasteiger partial charge in [0.1, 0.15) is 18.1 Å². The van der Waals surface area contributed by atoms with Gasteiger partial charge >= 0.3 is 0 Å². The van der Waals surface area contributed by atoms with Gasteiger partial charge in [-0.1, -0.05) is 42.5 Å². The van der Waals surface area contributed by atoms with Crippen molar-refractivity contribution in [3.63, 3.8) is 0 Å². The van der Waals surface area contributed by atoms with E-state index < -0.39 is 10.0 Å². The maximum atomic E-state index is 12.6. The number of nitrogens with one attached hydrogen (secondary N) is 1. The molecule has 4 rings (SSSR count). The number of sulfonamides is 1. The van der Waals surface area contributed by atoms with Crippen LogP contribution in [0.1, 0.15) is 0 Å². The molecule has 0 amide bonds. The molecule has 0 bridgehead atoms. The largest absolute Gasteiger partial charge is 0.497 e. The second-order valence-corrected chi connectivity index (χ2v) is 8.40. The van der Waals surface area contributed by atoms with Crippen molar-refractivity contribution in [3.8, 4) is 11.5 Å². The molecule has 29 heavy (non-hydrogen) atoms. The van der Waals surface area contributed by atoms with Crippen LogP contribution >= 0.6 is 0 Å². The fraction of sp³-hybridized carbons (Fsp3) is 0.130. The Bertz CT molecular complexity index is 1270. The van der Waals surface area contributed by atoms with Crippen molar-refractivity contribution in [2.75, 3.05) is 20.3 Å². The van der Waals surface area contributed by atoms with Crippen LogP contribution in [0.15, 0.2) is 83.8 Å². The number of methoxy groups -OCH3 is 1. The molecule has 0 aliphatic carbocycles. The average Bonchev–Trinajstić information content (AvgIpc) is 2.76. The molecule has 0 aromatic heterocycles. The summed E-state index contributed by atoms with van der Waals surface area (Å²) in [5.74, 6) is 1.44. The zero-order chi connectivity index (χ0) is 20.3. The van der Waals surface area contributed by atoms with Crippen LogP contribution in [-0.2, 0) is 10.0 Å². The van der Waals surface area contributed by atoms with E-state index in [9.17, 15) is 8.42 Å². The van der Waals surface area contributed by atoms with E-state index in [1.54, 1.807) is 25.3 Å². The number of hydrogen-bond acceptors (Lipinski definition) is 4. The van der Waals surface area contributed by atoms with Gasteiger partial charge in [-0.05, 0) is 57.9 Å². The molecule has 4 aromatic carbocycles. The molecule has 0 heterocycles. The predicted molar refractivity (Wildman–Crippen MR) is 115 cm³/mol. The summed E-state index contributed by atoms with van der Waals surface area (Å²) < 4.78 is 38.7. The Balaban J connectivity index is 1.39. The minimum atomic E-state index is -3.62. The van der Waals surface area contributed by atoms with Crippen molar-refractivity contribution in [2.24, 2.45) is 0 Å². The first kappa shape index (κ1) is 19.2. The molecule has 1 N–H and O–H groups in total. The van der Waals surface area contributed by atoms with Gasteiger partial charge in [-0.25, -0.2) is 13.1 Å². The quantitative estimate of drug-likeness (QED) is 0.463. The van der Waals surface area contributed by atoms with Gasteiger partial charge in [0.15, 0.2) is 0 Å². The molecule has 6 heteroatoms. The lowest BCUT2D eigenvalue weighted by Gasteiger charge is -2.10. The fourth-order valence-electron chi connectivity index (χ4n) is 3.18. The molecule has 5 nitrogen and oxygen atoms in total. The first-order valence-electron chi connectivity index (χ1n) is 9.24. The summed E-state index contributed by atoms with van der Waals surface area (Å²) in [4.78, 5) is 0.223. The van der Waals surface area contributed by atoms with Gasteiger partial charge < -0.3 is 9.47 Å². The molecule has 0 radical (unpaired) electrons. The third-order valence-corrected chi connectivity index (χ3v) is 6.17. The van der Waals surface area contributed by atoms with Gasteiger partial charge in [0.25, 0.3) is 0 Å². The van der Waals surface area contributed by atoms with Crippen LogP contribution in [-0.4, -0.2) is 28.7 Å². The van der Waals surface area contributed by atoms with Gasteiger partial charge in [-0.15, -0.1) is 0 Å².